The van der Waals surface area contributed by atoms with Gasteiger partial charge in [-0.05, 0) is 44.8 Å². The van der Waals surface area contributed by atoms with Gasteiger partial charge in [0.05, 0.1) is 13.2 Å². The molecule has 1 aromatic carbocycles. The van der Waals surface area contributed by atoms with Crippen LogP contribution in [0, 0.1) is 0 Å². The zero-order valence-electron chi connectivity index (χ0n) is 14.4. The third-order valence-corrected chi connectivity index (χ3v) is 3.72. The van der Waals surface area contributed by atoms with Crippen LogP contribution in [0.4, 0.5) is 0 Å². The van der Waals surface area contributed by atoms with Gasteiger partial charge in [-0.3, -0.25) is 4.98 Å². The molecule has 8 heteroatoms. The smallest absolute Gasteiger partial charge is 0.340 e. The van der Waals surface area contributed by atoms with Crippen molar-refractivity contribution >= 4 is 0 Å². The van der Waals surface area contributed by atoms with Crippen molar-refractivity contribution in [2.45, 2.75) is 13.0 Å². The molecule has 0 saturated carbocycles. The summed E-state index contributed by atoms with van der Waals surface area (Å²) >= 11 is 0. The Morgan fingerprint density at radius 2 is 2.04 bits per heavy atom. The number of hydrogen-bond donors (Lipinski definition) is 2. The first-order valence-electron chi connectivity index (χ1n) is 8.14. The number of aromatic amines is 2. The van der Waals surface area contributed by atoms with E-state index in [0.29, 0.717) is 19.0 Å². The maximum atomic E-state index is 11.1. The third kappa shape index (κ3) is 4.57. The Morgan fingerprint density at radius 1 is 1.24 bits per heavy atom. The van der Waals surface area contributed by atoms with E-state index in [1.54, 1.807) is 6.20 Å². The molecule has 0 spiro atoms. The molecule has 0 radical (unpaired) electrons. The Labute approximate surface area is 145 Å². The zero-order valence-corrected chi connectivity index (χ0v) is 14.4. The average molecular weight is 342 g/mol. The molecule has 3 aromatic rings. The van der Waals surface area contributed by atoms with Crippen molar-refractivity contribution in [3.8, 4) is 17.1 Å². The van der Waals surface area contributed by atoms with Gasteiger partial charge in [0.25, 0.3) is 0 Å². The summed E-state index contributed by atoms with van der Waals surface area (Å²) in [5.41, 5.74) is 0.663. The van der Waals surface area contributed by atoms with Crippen LogP contribution >= 0.6 is 0 Å². The van der Waals surface area contributed by atoms with E-state index < -0.39 is 0 Å². The summed E-state index contributed by atoms with van der Waals surface area (Å²) in [6.07, 6.45) is 4.57. The van der Waals surface area contributed by atoms with Gasteiger partial charge in [0, 0.05) is 24.5 Å². The molecule has 0 atom stereocenters. The number of nitrogens with one attached hydrogen (secondary N) is 2. The van der Waals surface area contributed by atoms with Gasteiger partial charge < -0.3 is 14.2 Å². The van der Waals surface area contributed by atoms with E-state index in [9.17, 15) is 4.79 Å². The fourth-order valence-electron chi connectivity index (χ4n) is 2.51. The number of nitrogens with zero attached hydrogens (tertiary/aromatic N) is 4. The van der Waals surface area contributed by atoms with Crippen LogP contribution in [0.25, 0.3) is 11.4 Å². The normalized spacial score (nSPS) is 11.2. The lowest BCUT2D eigenvalue weighted by molar-refractivity contribution is 0.281. The minimum Gasteiger partial charge on any atom is -0.494 e. The molecular weight excluding hydrogens is 320 g/mol. The summed E-state index contributed by atoms with van der Waals surface area (Å²) in [5, 5.41) is 6.29. The lowest BCUT2D eigenvalue weighted by Gasteiger charge is -2.11. The molecular formula is C17H22N6O2. The van der Waals surface area contributed by atoms with Crippen molar-refractivity contribution < 1.29 is 4.74 Å². The Bertz CT molecular complexity index is 846. The van der Waals surface area contributed by atoms with Crippen LogP contribution in [0.2, 0.25) is 0 Å². The second-order valence-corrected chi connectivity index (χ2v) is 6.03. The topological polar surface area (TPSA) is 91.8 Å². The molecule has 25 heavy (non-hydrogen) atoms. The maximum absolute atomic E-state index is 11.1. The molecule has 0 aliphatic carbocycles. The van der Waals surface area contributed by atoms with Crippen molar-refractivity contribution in [1.82, 2.24) is 29.6 Å². The summed E-state index contributed by atoms with van der Waals surface area (Å²) in [7, 11) is 4.10. The highest BCUT2D eigenvalue weighted by Crippen LogP contribution is 2.21. The summed E-state index contributed by atoms with van der Waals surface area (Å²) in [6, 6.07) is 7.85. The first-order valence-corrected chi connectivity index (χ1v) is 8.14. The number of H-pyrrole nitrogens is 2. The minimum atomic E-state index is -0.313. The van der Waals surface area contributed by atoms with Crippen molar-refractivity contribution in [2.24, 2.45) is 0 Å². The molecule has 0 fully saturated rings. The van der Waals surface area contributed by atoms with Crippen molar-refractivity contribution in [1.29, 1.82) is 0 Å². The highest BCUT2D eigenvalue weighted by atomic mass is 16.5. The second-order valence-electron chi connectivity index (χ2n) is 6.03. The molecule has 8 nitrogen and oxygen atoms in total. The number of rotatable bonds is 8. The maximum Gasteiger partial charge on any atom is 0.340 e. The summed E-state index contributed by atoms with van der Waals surface area (Å²) in [5.74, 6) is 2.21. The number of benzene rings is 1. The van der Waals surface area contributed by atoms with Gasteiger partial charge in [-0.15, -0.1) is 0 Å². The highest BCUT2D eigenvalue weighted by Gasteiger charge is 2.08. The van der Waals surface area contributed by atoms with Gasteiger partial charge in [0.15, 0.2) is 5.82 Å². The summed E-state index contributed by atoms with van der Waals surface area (Å²) < 4.78 is 7.68. The molecule has 2 N–H and O–H groups in total. The Balaban J connectivity index is 1.64. The summed E-state index contributed by atoms with van der Waals surface area (Å²) in [4.78, 5) is 20.3. The lowest BCUT2D eigenvalue weighted by atomic mass is 10.2. The van der Waals surface area contributed by atoms with Gasteiger partial charge in [-0.2, -0.15) is 5.10 Å². The molecule has 0 amide bonds. The lowest BCUT2D eigenvalue weighted by Crippen LogP contribution is -2.15. The van der Waals surface area contributed by atoms with Crippen LogP contribution in [0.1, 0.15) is 12.2 Å². The number of imidazole rings is 1. The SMILES string of the molecule is CN(C)CCCOc1ccc(-c2nccn2Cc2n[nH]c(=O)[nH]2)cc1. The van der Waals surface area contributed by atoms with Gasteiger partial charge >= 0.3 is 5.69 Å². The van der Waals surface area contributed by atoms with Crippen molar-refractivity contribution in [3.63, 3.8) is 0 Å². The fourth-order valence-corrected chi connectivity index (χ4v) is 2.51. The number of aromatic nitrogens is 5. The first-order chi connectivity index (χ1) is 12.1. The number of hydrogen-bond acceptors (Lipinski definition) is 5. The predicted octanol–water partition coefficient (Wildman–Crippen LogP) is 1.34. The second kappa shape index (κ2) is 7.80. The molecule has 0 bridgehead atoms. The molecule has 0 aliphatic heterocycles. The van der Waals surface area contributed by atoms with Crippen LogP contribution in [0.3, 0.4) is 0 Å². The van der Waals surface area contributed by atoms with Crippen LogP contribution in [-0.2, 0) is 6.54 Å². The molecule has 2 aromatic heterocycles. The number of ether oxygens (including phenoxy) is 1. The molecule has 0 saturated heterocycles. The van der Waals surface area contributed by atoms with Gasteiger partial charge in [0.1, 0.15) is 11.6 Å². The van der Waals surface area contributed by atoms with Gasteiger partial charge in [0.2, 0.25) is 0 Å². The fraction of sp³-hybridized carbons (Fsp3) is 0.353. The van der Waals surface area contributed by atoms with E-state index in [4.69, 9.17) is 4.74 Å². The van der Waals surface area contributed by atoms with Crippen LogP contribution in [0.15, 0.2) is 41.5 Å². The van der Waals surface area contributed by atoms with Crippen molar-refractivity contribution in [2.75, 3.05) is 27.2 Å². The Kier molecular flexibility index (Phi) is 5.30. The molecule has 0 aliphatic rings. The van der Waals surface area contributed by atoms with E-state index >= 15 is 0 Å². The quantitative estimate of drug-likeness (QED) is 0.603. The van der Waals surface area contributed by atoms with E-state index in [2.05, 4.69) is 39.2 Å². The van der Waals surface area contributed by atoms with Gasteiger partial charge in [-0.25, -0.2) is 14.9 Å². The van der Waals surface area contributed by atoms with Crippen LogP contribution < -0.4 is 10.4 Å². The van der Waals surface area contributed by atoms with Crippen LogP contribution in [-0.4, -0.2) is 56.9 Å². The highest BCUT2D eigenvalue weighted by molar-refractivity contribution is 5.56. The molecule has 132 valence electrons. The first kappa shape index (κ1) is 17.0. The van der Waals surface area contributed by atoms with E-state index in [1.807, 2.05) is 35.0 Å². The van der Waals surface area contributed by atoms with Crippen LogP contribution in [0.5, 0.6) is 5.75 Å². The van der Waals surface area contributed by atoms with Crippen molar-refractivity contribution in [3.05, 3.63) is 53.0 Å². The van der Waals surface area contributed by atoms with E-state index in [0.717, 1.165) is 30.1 Å². The molecule has 0 unspecified atom stereocenters. The monoisotopic (exact) mass is 342 g/mol. The average Bonchev–Trinajstić information content (AvgIpc) is 3.21. The third-order valence-electron chi connectivity index (χ3n) is 3.72. The van der Waals surface area contributed by atoms with Gasteiger partial charge in [-0.1, -0.05) is 0 Å². The Hall–Kier alpha value is -2.87. The van der Waals surface area contributed by atoms with E-state index in [-0.39, 0.29) is 5.69 Å². The Morgan fingerprint density at radius 3 is 2.72 bits per heavy atom. The molecule has 2 heterocycles. The molecule has 3 rings (SSSR count). The standard InChI is InChI=1S/C17H22N6O2/c1-22(2)9-3-11-25-14-6-4-13(5-7-14)16-18-8-10-23(16)12-15-19-17(24)21-20-15/h4-8,10H,3,9,11-12H2,1-2H3,(H2,19,20,21,24). The summed E-state index contributed by atoms with van der Waals surface area (Å²) in [6.45, 7) is 2.14. The van der Waals surface area contributed by atoms with E-state index in [1.165, 1.54) is 0 Å². The minimum absolute atomic E-state index is 0.313. The zero-order chi connectivity index (χ0) is 17.6. The predicted molar refractivity (Wildman–Crippen MR) is 94.6 cm³/mol. The largest absolute Gasteiger partial charge is 0.494 e.